The van der Waals surface area contributed by atoms with E-state index in [1.165, 1.54) is 24.4 Å². The molecule has 0 saturated carbocycles. The van der Waals surface area contributed by atoms with Crippen LogP contribution in [0.5, 0.6) is 5.75 Å². The van der Waals surface area contributed by atoms with E-state index in [-0.39, 0.29) is 17.2 Å². The zero-order chi connectivity index (χ0) is 17.8. The summed E-state index contributed by atoms with van der Waals surface area (Å²) >= 11 is 5.82. The van der Waals surface area contributed by atoms with E-state index < -0.39 is 29.4 Å². The molecule has 2 aromatic rings. The molecular weight excluding hydrogens is 351 g/mol. The van der Waals surface area contributed by atoms with Gasteiger partial charge in [-0.3, -0.25) is 9.59 Å². The molecule has 132 valence electrons. The molecule has 0 unspecified atom stereocenters. The third-order valence-electron chi connectivity index (χ3n) is 3.81. The lowest BCUT2D eigenvalue weighted by molar-refractivity contribution is -0.00299. The highest BCUT2D eigenvalue weighted by atomic mass is 35.5. The molecule has 6 nitrogen and oxygen atoms in total. The summed E-state index contributed by atoms with van der Waals surface area (Å²) in [6, 6.07) is 6.59. The van der Waals surface area contributed by atoms with Crippen LogP contribution in [0.25, 0.3) is 0 Å². The summed E-state index contributed by atoms with van der Waals surface area (Å²) in [6.07, 6.45) is 1.42. The molecule has 0 spiro atoms. The SMILES string of the molecule is O=C(N[C@@H]1COCC[C@@H]1Oc1cccc(F)c1)c1cc(Cl)c[nH]c1=O. The Morgan fingerprint density at radius 2 is 2.24 bits per heavy atom. The van der Waals surface area contributed by atoms with E-state index in [1.54, 1.807) is 12.1 Å². The lowest BCUT2D eigenvalue weighted by atomic mass is 10.1. The second-order valence-electron chi connectivity index (χ2n) is 5.62. The van der Waals surface area contributed by atoms with Crippen LogP contribution in [0.1, 0.15) is 16.8 Å². The molecule has 1 saturated heterocycles. The first-order valence-corrected chi connectivity index (χ1v) is 8.10. The number of aromatic nitrogens is 1. The van der Waals surface area contributed by atoms with Crippen molar-refractivity contribution in [2.75, 3.05) is 13.2 Å². The van der Waals surface area contributed by atoms with Crippen LogP contribution >= 0.6 is 11.6 Å². The van der Waals surface area contributed by atoms with E-state index in [9.17, 15) is 14.0 Å². The lowest BCUT2D eigenvalue weighted by Crippen LogP contribution is -2.52. The Bertz CT molecular complexity index is 826. The molecule has 1 aromatic heterocycles. The van der Waals surface area contributed by atoms with Gasteiger partial charge >= 0.3 is 0 Å². The summed E-state index contributed by atoms with van der Waals surface area (Å²) in [5.41, 5.74) is -0.635. The third-order valence-corrected chi connectivity index (χ3v) is 4.02. The van der Waals surface area contributed by atoms with Gasteiger partial charge in [-0.2, -0.15) is 0 Å². The molecule has 0 aliphatic carbocycles. The van der Waals surface area contributed by atoms with Gasteiger partial charge < -0.3 is 19.8 Å². The summed E-state index contributed by atoms with van der Waals surface area (Å²) < 4.78 is 24.5. The largest absolute Gasteiger partial charge is 0.488 e. The summed E-state index contributed by atoms with van der Waals surface area (Å²) in [5, 5.41) is 2.97. The number of pyridine rings is 1. The summed E-state index contributed by atoms with van der Waals surface area (Å²) in [6.45, 7) is 0.689. The van der Waals surface area contributed by atoms with Gasteiger partial charge in [0.15, 0.2) is 0 Å². The summed E-state index contributed by atoms with van der Waals surface area (Å²) in [4.78, 5) is 26.6. The van der Waals surface area contributed by atoms with E-state index in [1.807, 2.05) is 0 Å². The zero-order valence-corrected chi connectivity index (χ0v) is 13.9. The molecule has 0 bridgehead atoms. The molecular formula is C17H16ClFN2O4. The van der Waals surface area contributed by atoms with Crippen molar-refractivity contribution >= 4 is 17.5 Å². The third kappa shape index (κ3) is 4.37. The Morgan fingerprint density at radius 1 is 1.40 bits per heavy atom. The maximum absolute atomic E-state index is 13.3. The Balaban J connectivity index is 1.73. The van der Waals surface area contributed by atoms with Gasteiger partial charge in [0.25, 0.3) is 11.5 Å². The van der Waals surface area contributed by atoms with Crippen molar-refractivity contribution in [2.45, 2.75) is 18.6 Å². The van der Waals surface area contributed by atoms with E-state index in [4.69, 9.17) is 21.1 Å². The standard InChI is InChI=1S/C17H16ClFN2O4/c18-10-6-13(16(22)20-8-10)17(23)21-14-9-24-5-4-15(14)25-12-3-1-2-11(19)7-12/h1-3,6-8,14-15H,4-5,9H2,(H,20,22)(H,21,23)/t14-,15+/m1/s1. The monoisotopic (exact) mass is 366 g/mol. The van der Waals surface area contributed by atoms with Crippen LogP contribution in [0, 0.1) is 5.82 Å². The van der Waals surface area contributed by atoms with Gasteiger partial charge in [-0.25, -0.2) is 4.39 Å². The average molecular weight is 367 g/mol. The van der Waals surface area contributed by atoms with Crippen LogP contribution < -0.4 is 15.6 Å². The summed E-state index contributed by atoms with van der Waals surface area (Å²) in [5.74, 6) is -0.616. The number of hydrogen-bond acceptors (Lipinski definition) is 4. The molecule has 2 heterocycles. The van der Waals surface area contributed by atoms with Crippen LogP contribution in [0.15, 0.2) is 41.3 Å². The molecule has 25 heavy (non-hydrogen) atoms. The van der Waals surface area contributed by atoms with E-state index >= 15 is 0 Å². The number of carbonyl (C=O) groups is 1. The molecule has 2 atom stereocenters. The number of aromatic amines is 1. The smallest absolute Gasteiger partial charge is 0.260 e. The van der Waals surface area contributed by atoms with Gasteiger partial charge in [0.2, 0.25) is 0 Å². The maximum Gasteiger partial charge on any atom is 0.260 e. The predicted octanol–water partition coefficient (Wildman–Crippen LogP) is 2.13. The zero-order valence-electron chi connectivity index (χ0n) is 13.1. The number of hydrogen-bond donors (Lipinski definition) is 2. The quantitative estimate of drug-likeness (QED) is 0.868. The van der Waals surface area contributed by atoms with Crippen LogP contribution in [0.3, 0.4) is 0 Å². The van der Waals surface area contributed by atoms with Crippen LogP contribution in [-0.2, 0) is 4.74 Å². The number of benzene rings is 1. The first kappa shape index (κ1) is 17.4. The molecule has 3 rings (SSSR count). The van der Waals surface area contributed by atoms with Crippen LogP contribution in [0.2, 0.25) is 5.02 Å². The number of nitrogens with one attached hydrogen (secondary N) is 2. The number of ether oxygens (including phenoxy) is 2. The number of halogens is 2. The minimum absolute atomic E-state index is 0.0948. The average Bonchev–Trinajstić information content (AvgIpc) is 2.59. The van der Waals surface area contributed by atoms with E-state index in [0.717, 1.165) is 0 Å². The second kappa shape index (κ2) is 7.67. The van der Waals surface area contributed by atoms with Crippen molar-refractivity contribution in [2.24, 2.45) is 0 Å². The number of amides is 1. The Hall–Kier alpha value is -2.38. The van der Waals surface area contributed by atoms with Crippen molar-refractivity contribution < 1.29 is 18.7 Å². The van der Waals surface area contributed by atoms with Crippen molar-refractivity contribution in [3.63, 3.8) is 0 Å². The molecule has 1 fully saturated rings. The van der Waals surface area contributed by atoms with Gasteiger partial charge in [-0.05, 0) is 18.2 Å². The Morgan fingerprint density at radius 3 is 3.04 bits per heavy atom. The van der Waals surface area contributed by atoms with Gasteiger partial charge in [-0.1, -0.05) is 17.7 Å². The molecule has 1 aliphatic rings. The van der Waals surface area contributed by atoms with E-state index in [0.29, 0.717) is 18.8 Å². The van der Waals surface area contributed by atoms with Crippen molar-refractivity contribution in [1.82, 2.24) is 10.3 Å². The fourth-order valence-corrected chi connectivity index (χ4v) is 2.74. The molecule has 8 heteroatoms. The predicted molar refractivity (Wildman–Crippen MR) is 89.6 cm³/mol. The highest BCUT2D eigenvalue weighted by Crippen LogP contribution is 2.19. The van der Waals surface area contributed by atoms with Gasteiger partial charge in [0.05, 0.1) is 24.3 Å². The molecule has 1 aliphatic heterocycles. The van der Waals surface area contributed by atoms with Crippen LogP contribution in [-0.4, -0.2) is 36.3 Å². The molecule has 1 aromatic carbocycles. The van der Waals surface area contributed by atoms with E-state index in [2.05, 4.69) is 10.3 Å². The fourth-order valence-electron chi connectivity index (χ4n) is 2.58. The minimum atomic E-state index is -0.577. The Kier molecular flexibility index (Phi) is 5.35. The molecule has 2 N–H and O–H groups in total. The van der Waals surface area contributed by atoms with Crippen LogP contribution in [0.4, 0.5) is 4.39 Å². The van der Waals surface area contributed by atoms with Gasteiger partial charge in [-0.15, -0.1) is 0 Å². The number of H-pyrrole nitrogens is 1. The van der Waals surface area contributed by atoms with Crippen molar-refractivity contribution in [3.05, 3.63) is 63.3 Å². The van der Waals surface area contributed by atoms with Gasteiger partial charge in [0.1, 0.15) is 23.2 Å². The van der Waals surface area contributed by atoms with Gasteiger partial charge in [0, 0.05) is 18.7 Å². The van der Waals surface area contributed by atoms with Crippen molar-refractivity contribution in [1.29, 1.82) is 0 Å². The van der Waals surface area contributed by atoms with Crippen molar-refractivity contribution in [3.8, 4) is 5.75 Å². The highest BCUT2D eigenvalue weighted by molar-refractivity contribution is 6.30. The normalized spacial score (nSPS) is 20.1. The number of carbonyl (C=O) groups excluding carboxylic acids is 1. The summed E-state index contributed by atoms with van der Waals surface area (Å²) in [7, 11) is 0. The minimum Gasteiger partial charge on any atom is -0.488 e. The topological polar surface area (TPSA) is 80.4 Å². The molecule has 0 radical (unpaired) electrons. The fraction of sp³-hybridized carbons (Fsp3) is 0.294. The lowest BCUT2D eigenvalue weighted by Gasteiger charge is -2.32. The first-order valence-electron chi connectivity index (χ1n) is 7.72. The first-order chi connectivity index (χ1) is 12.0. The second-order valence-corrected chi connectivity index (χ2v) is 6.05. The Labute approximate surface area is 147 Å². The highest BCUT2D eigenvalue weighted by Gasteiger charge is 2.30. The maximum atomic E-state index is 13.3. The molecule has 1 amide bonds. The number of rotatable bonds is 4.